The summed E-state index contributed by atoms with van der Waals surface area (Å²) in [5, 5.41) is 15.8. The van der Waals surface area contributed by atoms with Crippen molar-refractivity contribution in [2.45, 2.75) is 12.5 Å². The first-order valence-electron chi connectivity index (χ1n) is 6.21. The third kappa shape index (κ3) is 3.77. The van der Waals surface area contributed by atoms with E-state index < -0.39 is 11.5 Å². The molecule has 0 bridgehead atoms. The third-order valence-corrected chi connectivity index (χ3v) is 3.13. The summed E-state index contributed by atoms with van der Waals surface area (Å²) in [5.41, 5.74) is 7.28. The fourth-order valence-electron chi connectivity index (χ4n) is 1.89. The second-order valence-corrected chi connectivity index (χ2v) is 4.38. The SMILES string of the molecule is COc1ccc(OC)c(C(C)(NCCN=[N+]=[N-])C(=O)O)c1. The Kier molecular flexibility index (Phi) is 5.83. The average molecular weight is 294 g/mol. The highest BCUT2D eigenvalue weighted by Gasteiger charge is 2.37. The number of methoxy groups -OCH3 is 2. The first-order valence-corrected chi connectivity index (χ1v) is 6.21. The fraction of sp³-hybridized carbons (Fsp3) is 0.462. The highest BCUT2D eigenvalue weighted by Crippen LogP contribution is 2.33. The highest BCUT2D eigenvalue weighted by atomic mass is 16.5. The van der Waals surface area contributed by atoms with Crippen molar-refractivity contribution in [3.8, 4) is 11.5 Å². The molecule has 1 rings (SSSR count). The molecule has 114 valence electrons. The molecule has 1 unspecified atom stereocenters. The predicted molar refractivity (Wildman–Crippen MR) is 76.5 cm³/mol. The maximum atomic E-state index is 11.7. The van der Waals surface area contributed by atoms with Gasteiger partial charge in [0.2, 0.25) is 0 Å². The van der Waals surface area contributed by atoms with Crippen molar-refractivity contribution in [1.82, 2.24) is 5.32 Å². The minimum absolute atomic E-state index is 0.144. The van der Waals surface area contributed by atoms with Gasteiger partial charge in [-0.1, -0.05) is 5.11 Å². The zero-order valence-electron chi connectivity index (χ0n) is 12.2. The van der Waals surface area contributed by atoms with E-state index in [1.54, 1.807) is 18.2 Å². The van der Waals surface area contributed by atoms with Crippen LogP contribution in [0.5, 0.6) is 11.5 Å². The van der Waals surface area contributed by atoms with Gasteiger partial charge in [-0.15, -0.1) is 0 Å². The molecule has 0 aliphatic heterocycles. The first-order chi connectivity index (χ1) is 9.99. The number of carboxylic acid groups (broad SMARTS) is 1. The molecular formula is C13H18N4O4. The van der Waals surface area contributed by atoms with E-state index in [0.29, 0.717) is 17.1 Å². The molecular weight excluding hydrogens is 276 g/mol. The normalized spacial score (nSPS) is 12.9. The summed E-state index contributed by atoms with van der Waals surface area (Å²) in [6.07, 6.45) is 0. The molecule has 8 heteroatoms. The number of hydrogen-bond acceptors (Lipinski definition) is 5. The molecule has 0 aliphatic rings. The fourth-order valence-corrected chi connectivity index (χ4v) is 1.89. The van der Waals surface area contributed by atoms with Gasteiger partial charge in [0.25, 0.3) is 0 Å². The van der Waals surface area contributed by atoms with Crippen LogP contribution in [0.25, 0.3) is 10.4 Å². The number of nitrogens with one attached hydrogen (secondary N) is 1. The van der Waals surface area contributed by atoms with E-state index in [1.807, 2.05) is 0 Å². The Labute approximate surface area is 122 Å². The summed E-state index contributed by atoms with van der Waals surface area (Å²) in [6, 6.07) is 4.93. The van der Waals surface area contributed by atoms with E-state index in [1.165, 1.54) is 21.1 Å². The van der Waals surface area contributed by atoms with E-state index in [2.05, 4.69) is 15.3 Å². The number of ether oxygens (including phenoxy) is 2. The number of carboxylic acids is 1. The topological polar surface area (TPSA) is 117 Å². The van der Waals surface area contributed by atoms with Gasteiger partial charge in [-0.05, 0) is 30.7 Å². The Morgan fingerprint density at radius 1 is 1.48 bits per heavy atom. The summed E-state index contributed by atoms with van der Waals surface area (Å²) in [7, 11) is 2.96. The van der Waals surface area contributed by atoms with Crippen molar-refractivity contribution in [3.05, 3.63) is 34.2 Å². The van der Waals surface area contributed by atoms with E-state index in [9.17, 15) is 9.90 Å². The molecule has 8 nitrogen and oxygen atoms in total. The lowest BCUT2D eigenvalue weighted by Gasteiger charge is -2.28. The molecule has 1 aromatic carbocycles. The Bertz CT molecular complexity index is 557. The molecule has 0 fully saturated rings. The smallest absolute Gasteiger partial charge is 0.328 e. The molecule has 0 spiro atoms. The lowest BCUT2D eigenvalue weighted by Crippen LogP contribution is -2.47. The number of nitrogens with zero attached hydrogens (tertiary/aromatic N) is 3. The van der Waals surface area contributed by atoms with Gasteiger partial charge in [0.15, 0.2) is 0 Å². The lowest BCUT2D eigenvalue weighted by molar-refractivity contribution is -0.144. The number of carbonyl (C=O) groups is 1. The van der Waals surface area contributed by atoms with Crippen LogP contribution in [0.2, 0.25) is 0 Å². The average Bonchev–Trinajstić information content (AvgIpc) is 2.50. The molecule has 1 atom stereocenters. The van der Waals surface area contributed by atoms with Crippen LogP contribution in [0, 0.1) is 0 Å². The van der Waals surface area contributed by atoms with Crippen LogP contribution in [0.3, 0.4) is 0 Å². The number of azide groups is 1. The summed E-state index contributed by atoms with van der Waals surface area (Å²) < 4.78 is 10.4. The standard InChI is InChI=1S/C13H18N4O4/c1-13(12(18)19,15-6-7-16-17-14)10-8-9(20-2)4-5-11(10)21-3/h4-5,8,15H,6-7H2,1-3H3,(H,18,19). The maximum absolute atomic E-state index is 11.7. The number of benzene rings is 1. The third-order valence-electron chi connectivity index (χ3n) is 3.13. The summed E-state index contributed by atoms with van der Waals surface area (Å²) in [5.74, 6) is -0.123. The Morgan fingerprint density at radius 3 is 2.71 bits per heavy atom. The minimum Gasteiger partial charge on any atom is -0.497 e. The second kappa shape index (κ2) is 7.37. The van der Waals surface area contributed by atoms with Crippen molar-refractivity contribution in [3.63, 3.8) is 0 Å². The lowest BCUT2D eigenvalue weighted by atomic mass is 9.90. The van der Waals surface area contributed by atoms with E-state index in [4.69, 9.17) is 15.0 Å². The Morgan fingerprint density at radius 2 is 2.19 bits per heavy atom. The van der Waals surface area contributed by atoms with E-state index >= 15 is 0 Å². The summed E-state index contributed by atoms with van der Waals surface area (Å²) >= 11 is 0. The molecule has 0 saturated heterocycles. The molecule has 0 saturated carbocycles. The number of rotatable bonds is 8. The maximum Gasteiger partial charge on any atom is 0.328 e. The Balaban J connectivity index is 3.19. The zero-order chi connectivity index (χ0) is 15.9. The highest BCUT2D eigenvalue weighted by molar-refractivity contribution is 5.81. The van der Waals surface area contributed by atoms with E-state index in [0.717, 1.165) is 0 Å². The van der Waals surface area contributed by atoms with Crippen molar-refractivity contribution in [2.75, 3.05) is 27.3 Å². The van der Waals surface area contributed by atoms with Gasteiger partial charge < -0.3 is 14.6 Å². The molecule has 0 aromatic heterocycles. The van der Waals surface area contributed by atoms with E-state index in [-0.39, 0.29) is 13.1 Å². The summed E-state index contributed by atoms with van der Waals surface area (Å²) in [6.45, 7) is 1.88. The van der Waals surface area contributed by atoms with Crippen LogP contribution in [0.4, 0.5) is 0 Å². The first kappa shape index (κ1) is 16.6. The van der Waals surface area contributed by atoms with Gasteiger partial charge in [0.1, 0.15) is 17.0 Å². The molecule has 0 heterocycles. The van der Waals surface area contributed by atoms with Crippen molar-refractivity contribution in [1.29, 1.82) is 0 Å². The van der Waals surface area contributed by atoms with Crippen LogP contribution in [-0.4, -0.2) is 38.4 Å². The quantitative estimate of drug-likeness (QED) is 0.329. The molecule has 21 heavy (non-hydrogen) atoms. The monoisotopic (exact) mass is 294 g/mol. The zero-order valence-corrected chi connectivity index (χ0v) is 12.2. The molecule has 1 aromatic rings. The predicted octanol–water partition coefficient (Wildman–Crippen LogP) is 1.90. The van der Waals surface area contributed by atoms with Crippen LogP contribution in [-0.2, 0) is 10.3 Å². The van der Waals surface area contributed by atoms with Crippen LogP contribution < -0.4 is 14.8 Å². The van der Waals surface area contributed by atoms with Gasteiger partial charge in [-0.25, -0.2) is 4.79 Å². The van der Waals surface area contributed by atoms with Crippen molar-refractivity contribution >= 4 is 5.97 Å². The van der Waals surface area contributed by atoms with Crippen molar-refractivity contribution in [2.24, 2.45) is 5.11 Å². The van der Waals surface area contributed by atoms with Crippen LogP contribution in [0.1, 0.15) is 12.5 Å². The second-order valence-electron chi connectivity index (χ2n) is 4.38. The number of hydrogen-bond donors (Lipinski definition) is 2. The molecule has 0 amide bonds. The van der Waals surface area contributed by atoms with Crippen LogP contribution in [0.15, 0.2) is 23.3 Å². The van der Waals surface area contributed by atoms with Gasteiger partial charge in [0.05, 0.1) is 14.2 Å². The van der Waals surface area contributed by atoms with Gasteiger partial charge in [-0.3, -0.25) is 5.32 Å². The summed E-state index contributed by atoms with van der Waals surface area (Å²) in [4.78, 5) is 14.3. The molecule has 2 N–H and O–H groups in total. The van der Waals surface area contributed by atoms with Crippen LogP contribution >= 0.6 is 0 Å². The minimum atomic E-state index is -1.40. The molecule has 0 aliphatic carbocycles. The largest absolute Gasteiger partial charge is 0.497 e. The Hall–Kier alpha value is -2.44. The van der Waals surface area contributed by atoms with Gasteiger partial charge in [0, 0.05) is 23.6 Å². The van der Waals surface area contributed by atoms with Gasteiger partial charge in [-0.2, -0.15) is 0 Å². The molecule has 0 radical (unpaired) electrons. The number of aliphatic carboxylic acids is 1. The van der Waals surface area contributed by atoms with Crippen molar-refractivity contribution < 1.29 is 19.4 Å². The van der Waals surface area contributed by atoms with Gasteiger partial charge >= 0.3 is 5.97 Å².